The molecular formula is C63H87N5O13. The Kier molecular flexibility index (Phi) is 31.6. The Morgan fingerprint density at radius 3 is 1.38 bits per heavy atom. The fourth-order valence-electron chi connectivity index (χ4n) is 9.98. The first-order valence-electron chi connectivity index (χ1n) is 28.5. The van der Waals surface area contributed by atoms with Crippen molar-refractivity contribution in [1.29, 1.82) is 0 Å². The second-order valence-electron chi connectivity index (χ2n) is 21.6. The van der Waals surface area contributed by atoms with Crippen LogP contribution in [0.1, 0.15) is 146 Å². The van der Waals surface area contributed by atoms with Gasteiger partial charge in [0.15, 0.2) is 11.7 Å². The Bertz CT molecular complexity index is 2550. The second kappa shape index (κ2) is 37.3. The number of hydrogen-bond donors (Lipinski definition) is 7. The lowest BCUT2D eigenvalue weighted by Crippen LogP contribution is -2.42. The molecule has 0 aliphatic carbocycles. The molecule has 11 N–H and O–H groups in total. The molecule has 3 aromatic carbocycles. The number of aromatic hydroxyl groups is 1. The zero-order valence-corrected chi connectivity index (χ0v) is 47.4. The van der Waals surface area contributed by atoms with Gasteiger partial charge < -0.3 is 38.3 Å². The maximum Gasteiger partial charge on any atom is 0.185 e. The van der Waals surface area contributed by atoms with E-state index in [2.05, 4.69) is 4.99 Å². The number of carbonyl (C=O) groups is 10. The largest absolute Gasteiger partial charge is 0.508 e. The fourth-order valence-corrected chi connectivity index (χ4v) is 9.98. The number of nitrogens with zero attached hydrogens (tertiary/aromatic N) is 1. The van der Waals surface area contributed by atoms with Crippen LogP contribution in [-0.4, -0.2) is 111 Å². The summed E-state index contributed by atoms with van der Waals surface area (Å²) in [6, 6.07) is 23.1. The molecule has 8 unspecified atom stereocenters. The summed E-state index contributed by atoms with van der Waals surface area (Å²) in [6.07, 6.45) is -0.933. The van der Waals surface area contributed by atoms with E-state index in [1.54, 1.807) is 31.2 Å². The maximum absolute atomic E-state index is 14.6. The molecule has 0 saturated heterocycles. The van der Waals surface area contributed by atoms with Gasteiger partial charge in [0.1, 0.15) is 57.8 Å². The third-order valence-corrected chi connectivity index (χ3v) is 15.0. The van der Waals surface area contributed by atoms with Gasteiger partial charge in [-0.3, -0.25) is 52.9 Å². The average Bonchev–Trinajstić information content (AvgIpc) is 3.44. The summed E-state index contributed by atoms with van der Waals surface area (Å²) in [5, 5.41) is 30.3. The summed E-state index contributed by atoms with van der Waals surface area (Å²) in [7, 11) is 0. The minimum absolute atomic E-state index is 0.00282. The van der Waals surface area contributed by atoms with Crippen LogP contribution in [0.2, 0.25) is 0 Å². The smallest absolute Gasteiger partial charge is 0.185 e. The van der Waals surface area contributed by atoms with Crippen LogP contribution in [-0.2, 0) is 67.2 Å². The molecule has 8 atom stereocenters. The number of rotatable bonds is 45. The molecule has 0 aromatic heterocycles. The summed E-state index contributed by atoms with van der Waals surface area (Å²) >= 11 is 0. The number of hydrogen-bond acceptors (Lipinski definition) is 16. The zero-order chi connectivity index (χ0) is 59.9. The lowest BCUT2D eigenvalue weighted by atomic mass is 9.79. The standard InChI is InChI=1S/C63H87N5O13/c1-3-55(75)45(17-10-11-29-64)34-54(74)26-28-56(76)46(18-12-30-68-63(66)67)36-60(80)50(40-69)35-53(73)24-23-52(72)25-27-57(77)47(33-44-19-21-51(71)22-20-44)37-58(78)48(31-42-13-6-4-7-14-42)38-59(79)49(32-43-15-8-5-9-16-43)39-61(81)62(65)41(2)70/h4-9,13-16,19-22,41,45-50,62,69-71H,3,10-12,17-18,23-40,64-65H2,1-2H3,(H4,66,67,68). The predicted molar refractivity (Wildman–Crippen MR) is 308 cm³/mol. The Hall–Kier alpha value is -6.73. The van der Waals surface area contributed by atoms with E-state index in [9.17, 15) is 63.3 Å². The molecule has 0 amide bonds. The number of nitrogens with two attached hydrogens (primary N) is 4. The number of phenolic OH excluding ortho intramolecular Hbond substituents is 1. The summed E-state index contributed by atoms with van der Waals surface area (Å²) < 4.78 is 0. The van der Waals surface area contributed by atoms with Crippen LogP contribution in [0, 0.1) is 35.5 Å². The Morgan fingerprint density at radius 2 is 0.889 bits per heavy atom. The number of carbonyl (C=O) groups excluding carboxylic acids is 10. The average molecular weight is 1120 g/mol. The van der Waals surface area contributed by atoms with Crippen molar-refractivity contribution in [3.63, 3.8) is 0 Å². The van der Waals surface area contributed by atoms with Gasteiger partial charge in [-0.2, -0.15) is 0 Å². The number of ketones is 10. The van der Waals surface area contributed by atoms with Crippen molar-refractivity contribution < 1.29 is 63.3 Å². The molecule has 0 spiro atoms. The van der Waals surface area contributed by atoms with Gasteiger partial charge in [0, 0.05) is 126 Å². The Labute approximate surface area is 476 Å². The van der Waals surface area contributed by atoms with Crippen molar-refractivity contribution in [2.45, 2.75) is 161 Å². The molecule has 442 valence electrons. The van der Waals surface area contributed by atoms with E-state index < -0.39 is 89.6 Å². The fraction of sp³-hybridized carbons (Fsp3) is 0.540. The Morgan fingerprint density at radius 1 is 0.481 bits per heavy atom. The van der Waals surface area contributed by atoms with Gasteiger partial charge in [-0.25, -0.2) is 0 Å². The number of aliphatic hydroxyl groups is 2. The topological polar surface area (TPSA) is 348 Å². The molecule has 3 aromatic rings. The van der Waals surface area contributed by atoms with Crippen LogP contribution in [0.4, 0.5) is 0 Å². The Balaban J connectivity index is 1.71. The van der Waals surface area contributed by atoms with Crippen molar-refractivity contribution >= 4 is 63.8 Å². The zero-order valence-electron chi connectivity index (χ0n) is 47.4. The van der Waals surface area contributed by atoms with Crippen LogP contribution in [0.3, 0.4) is 0 Å². The highest BCUT2D eigenvalue weighted by Crippen LogP contribution is 2.28. The number of Topliss-reactive ketones (excluding diaryl/α,β-unsaturated/α-hetero) is 10. The molecule has 81 heavy (non-hydrogen) atoms. The minimum atomic E-state index is -1.21. The summed E-state index contributed by atoms with van der Waals surface area (Å²) in [5.74, 6) is -9.16. The highest BCUT2D eigenvalue weighted by atomic mass is 16.3. The van der Waals surface area contributed by atoms with E-state index in [-0.39, 0.29) is 150 Å². The van der Waals surface area contributed by atoms with Crippen molar-refractivity contribution in [2.75, 3.05) is 19.7 Å². The molecule has 18 nitrogen and oxygen atoms in total. The molecule has 0 bridgehead atoms. The first kappa shape index (κ1) is 68.5. The highest BCUT2D eigenvalue weighted by molar-refractivity contribution is 5.97. The van der Waals surface area contributed by atoms with Crippen molar-refractivity contribution in [2.24, 2.45) is 63.4 Å². The van der Waals surface area contributed by atoms with Crippen LogP contribution >= 0.6 is 0 Å². The first-order chi connectivity index (χ1) is 38.6. The highest BCUT2D eigenvalue weighted by Gasteiger charge is 2.34. The normalized spacial score (nSPS) is 14.2. The number of aliphatic imine (C=N–C) groups is 1. The van der Waals surface area contributed by atoms with E-state index in [0.29, 0.717) is 31.4 Å². The molecule has 18 heteroatoms. The second-order valence-corrected chi connectivity index (χ2v) is 21.6. The number of guanidine groups is 1. The summed E-state index contributed by atoms with van der Waals surface area (Å²) in [4.78, 5) is 140. The molecule has 0 fully saturated rings. The third kappa shape index (κ3) is 26.6. The van der Waals surface area contributed by atoms with Gasteiger partial charge in [0.05, 0.1) is 18.8 Å². The van der Waals surface area contributed by atoms with Crippen molar-refractivity contribution in [1.82, 2.24) is 0 Å². The molecule has 0 heterocycles. The van der Waals surface area contributed by atoms with Gasteiger partial charge in [-0.05, 0) is 87.2 Å². The molecule has 0 aliphatic heterocycles. The van der Waals surface area contributed by atoms with Crippen LogP contribution in [0.25, 0.3) is 0 Å². The maximum atomic E-state index is 14.6. The van der Waals surface area contributed by atoms with Gasteiger partial charge in [0.25, 0.3) is 0 Å². The number of phenols is 1. The van der Waals surface area contributed by atoms with E-state index >= 15 is 0 Å². The molecule has 0 saturated carbocycles. The van der Waals surface area contributed by atoms with Crippen molar-refractivity contribution in [3.8, 4) is 5.75 Å². The minimum Gasteiger partial charge on any atom is -0.508 e. The predicted octanol–water partition coefficient (Wildman–Crippen LogP) is 5.78. The van der Waals surface area contributed by atoms with Gasteiger partial charge in [-0.15, -0.1) is 0 Å². The SMILES string of the molecule is CCC(=O)C(CCCCN)CC(=O)CCC(=O)C(CCCN=C(N)N)CC(=O)C(CO)CC(=O)CCC(=O)CCC(=O)C(CC(=O)C(CC(=O)C(CC(=O)C(N)C(C)O)Cc1ccccc1)Cc1ccccc1)Cc1ccc(O)cc1. The molecule has 0 radical (unpaired) electrons. The van der Waals surface area contributed by atoms with E-state index in [0.717, 1.165) is 17.5 Å². The van der Waals surface area contributed by atoms with Gasteiger partial charge in [0.2, 0.25) is 0 Å². The summed E-state index contributed by atoms with van der Waals surface area (Å²) in [6.45, 7) is 3.06. The number of benzene rings is 3. The quantitative estimate of drug-likeness (QED) is 0.0200. The van der Waals surface area contributed by atoms with E-state index in [4.69, 9.17) is 22.9 Å². The van der Waals surface area contributed by atoms with Crippen LogP contribution in [0.5, 0.6) is 5.75 Å². The number of unbranched alkanes of at least 4 members (excludes halogenated alkanes) is 1. The van der Waals surface area contributed by atoms with Crippen LogP contribution < -0.4 is 22.9 Å². The molecular weight excluding hydrogens is 1030 g/mol. The van der Waals surface area contributed by atoms with E-state index in [1.807, 2.05) is 48.5 Å². The summed E-state index contributed by atoms with van der Waals surface area (Å²) in [5.41, 5.74) is 24.7. The first-order valence-corrected chi connectivity index (χ1v) is 28.5. The van der Waals surface area contributed by atoms with Gasteiger partial charge >= 0.3 is 0 Å². The molecule has 0 aliphatic rings. The lowest BCUT2D eigenvalue weighted by Gasteiger charge is -2.23. The van der Waals surface area contributed by atoms with Gasteiger partial charge in [-0.1, -0.05) is 86.1 Å². The number of aliphatic hydroxyl groups excluding tert-OH is 2. The van der Waals surface area contributed by atoms with E-state index in [1.165, 1.54) is 19.1 Å². The third-order valence-electron chi connectivity index (χ3n) is 15.0. The van der Waals surface area contributed by atoms with Crippen LogP contribution in [0.15, 0.2) is 89.9 Å². The van der Waals surface area contributed by atoms with Crippen molar-refractivity contribution in [3.05, 3.63) is 102 Å². The monoisotopic (exact) mass is 1120 g/mol. The lowest BCUT2D eigenvalue weighted by molar-refractivity contribution is -0.134. The molecule has 3 rings (SSSR count).